The minimum atomic E-state index is -0.626. The molecule has 1 aromatic carbocycles. The van der Waals surface area contributed by atoms with Crippen LogP contribution in [0.4, 0.5) is 10.1 Å². The van der Waals surface area contributed by atoms with Gasteiger partial charge < -0.3 is 10.4 Å². The zero-order valence-corrected chi connectivity index (χ0v) is 10.5. The van der Waals surface area contributed by atoms with E-state index in [1.54, 1.807) is 0 Å². The summed E-state index contributed by atoms with van der Waals surface area (Å²) in [5.74, 6) is 4.26. The summed E-state index contributed by atoms with van der Waals surface area (Å²) in [7, 11) is 0. The number of aromatic amines is 1. The van der Waals surface area contributed by atoms with Crippen molar-refractivity contribution in [3.63, 3.8) is 0 Å². The maximum atomic E-state index is 13.7. The fourth-order valence-electron chi connectivity index (χ4n) is 1.52. The Hall–Kier alpha value is -2.65. The van der Waals surface area contributed by atoms with Gasteiger partial charge in [-0.25, -0.2) is 4.39 Å². The molecule has 0 atom stereocenters. The Morgan fingerprint density at radius 3 is 3.05 bits per heavy atom. The van der Waals surface area contributed by atoms with Gasteiger partial charge in [-0.15, -0.1) is 0 Å². The summed E-state index contributed by atoms with van der Waals surface area (Å²) in [6.07, 6.45) is 3.23. The molecule has 0 fully saturated rings. The zero-order valence-electron chi connectivity index (χ0n) is 10.5. The van der Waals surface area contributed by atoms with Crippen molar-refractivity contribution in [2.75, 3.05) is 11.9 Å². The van der Waals surface area contributed by atoms with Crippen LogP contribution in [0.3, 0.4) is 0 Å². The molecule has 0 saturated heterocycles. The normalized spacial score (nSPS) is 9.70. The monoisotopic (exact) mass is 273 g/mol. The summed E-state index contributed by atoms with van der Waals surface area (Å²) >= 11 is 0. The third kappa shape index (κ3) is 3.43. The number of hydrogen-bond donors (Lipinski definition) is 3. The van der Waals surface area contributed by atoms with E-state index in [2.05, 4.69) is 27.4 Å². The maximum absolute atomic E-state index is 13.7. The average molecular weight is 273 g/mol. The molecule has 0 aliphatic heterocycles. The Bertz CT molecular complexity index is 657. The molecule has 1 amide bonds. The van der Waals surface area contributed by atoms with Crippen LogP contribution >= 0.6 is 0 Å². The van der Waals surface area contributed by atoms with Crippen molar-refractivity contribution >= 4 is 11.6 Å². The molecule has 1 aromatic heterocycles. The first-order valence-electron chi connectivity index (χ1n) is 5.90. The van der Waals surface area contributed by atoms with Gasteiger partial charge in [0.2, 0.25) is 0 Å². The second-order valence-corrected chi connectivity index (χ2v) is 3.91. The summed E-state index contributed by atoms with van der Waals surface area (Å²) in [6, 6.07) is 4.04. The number of amides is 1. The van der Waals surface area contributed by atoms with Crippen molar-refractivity contribution in [3.05, 3.63) is 47.5 Å². The van der Waals surface area contributed by atoms with Gasteiger partial charge in [0, 0.05) is 18.2 Å². The van der Waals surface area contributed by atoms with Crippen LogP contribution < -0.4 is 5.32 Å². The highest BCUT2D eigenvalue weighted by Gasteiger charge is 2.12. The molecule has 0 unspecified atom stereocenters. The third-order valence-electron chi connectivity index (χ3n) is 2.44. The number of aliphatic hydroxyl groups excluding tert-OH is 1. The fraction of sp³-hybridized carbons (Fsp3) is 0.143. The molecule has 20 heavy (non-hydrogen) atoms. The van der Waals surface area contributed by atoms with Gasteiger partial charge in [0.25, 0.3) is 5.91 Å². The van der Waals surface area contributed by atoms with Gasteiger partial charge in [0.1, 0.15) is 5.82 Å². The quantitative estimate of drug-likeness (QED) is 0.742. The number of benzene rings is 1. The first kappa shape index (κ1) is 13.8. The molecule has 0 bridgehead atoms. The summed E-state index contributed by atoms with van der Waals surface area (Å²) in [5.41, 5.74) is 0.866. The lowest BCUT2D eigenvalue weighted by molar-refractivity contribution is 0.102. The lowest BCUT2D eigenvalue weighted by Crippen LogP contribution is -2.13. The zero-order chi connectivity index (χ0) is 14.4. The van der Waals surface area contributed by atoms with E-state index in [9.17, 15) is 9.18 Å². The van der Waals surface area contributed by atoms with Crippen LogP contribution in [0, 0.1) is 17.7 Å². The molecule has 0 aliphatic carbocycles. The van der Waals surface area contributed by atoms with E-state index < -0.39 is 11.7 Å². The molecule has 5 nitrogen and oxygen atoms in total. The minimum Gasteiger partial charge on any atom is -0.395 e. The van der Waals surface area contributed by atoms with Gasteiger partial charge in [0.15, 0.2) is 0 Å². The van der Waals surface area contributed by atoms with Crippen LogP contribution in [0.25, 0.3) is 0 Å². The SMILES string of the molecule is O=C(Nc1cn[nH]c1)c1cc(C#CCCO)ccc1F. The average Bonchev–Trinajstić information content (AvgIpc) is 2.93. The molecule has 1 heterocycles. The number of nitrogens with zero attached hydrogens (tertiary/aromatic N) is 1. The lowest BCUT2D eigenvalue weighted by atomic mass is 10.1. The number of aliphatic hydroxyl groups is 1. The predicted octanol–water partition coefficient (Wildman–Crippen LogP) is 1.53. The van der Waals surface area contributed by atoms with Crippen molar-refractivity contribution in [2.45, 2.75) is 6.42 Å². The Morgan fingerprint density at radius 1 is 1.50 bits per heavy atom. The van der Waals surface area contributed by atoms with Gasteiger partial charge in [-0.2, -0.15) is 5.10 Å². The van der Waals surface area contributed by atoms with Crippen LogP contribution in [0.2, 0.25) is 0 Å². The first-order valence-corrected chi connectivity index (χ1v) is 5.90. The van der Waals surface area contributed by atoms with E-state index in [-0.39, 0.29) is 12.2 Å². The highest BCUT2D eigenvalue weighted by molar-refractivity contribution is 6.04. The van der Waals surface area contributed by atoms with Crippen LogP contribution in [0.15, 0.2) is 30.6 Å². The van der Waals surface area contributed by atoms with Gasteiger partial charge in [0.05, 0.1) is 24.1 Å². The predicted molar refractivity (Wildman–Crippen MR) is 71.5 cm³/mol. The summed E-state index contributed by atoms with van der Waals surface area (Å²) < 4.78 is 13.7. The summed E-state index contributed by atoms with van der Waals surface area (Å²) in [4.78, 5) is 11.9. The number of halogens is 1. The molecular weight excluding hydrogens is 261 g/mol. The van der Waals surface area contributed by atoms with E-state index in [0.29, 0.717) is 17.7 Å². The number of rotatable bonds is 3. The maximum Gasteiger partial charge on any atom is 0.258 e. The summed E-state index contributed by atoms with van der Waals surface area (Å²) in [5, 5.41) is 17.4. The van der Waals surface area contributed by atoms with Gasteiger partial charge in [-0.3, -0.25) is 9.89 Å². The first-order chi connectivity index (χ1) is 9.70. The molecule has 2 aromatic rings. The summed E-state index contributed by atoms with van der Waals surface area (Å²) in [6.45, 7) is -0.0397. The molecule has 2 rings (SSSR count). The molecule has 0 saturated carbocycles. The lowest BCUT2D eigenvalue weighted by Gasteiger charge is -2.04. The highest BCUT2D eigenvalue weighted by atomic mass is 19.1. The second-order valence-electron chi connectivity index (χ2n) is 3.91. The number of aromatic nitrogens is 2. The smallest absolute Gasteiger partial charge is 0.258 e. The Kier molecular flexibility index (Phi) is 4.47. The molecule has 3 N–H and O–H groups in total. The number of hydrogen-bond acceptors (Lipinski definition) is 3. The number of carbonyl (C=O) groups is 1. The van der Waals surface area contributed by atoms with E-state index >= 15 is 0 Å². The molecule has 6 heteroatoms. The topological polar surface area (TPSA) is 78.0 Å². The van der Waals surface area contributed by atoms with E-state index in [1.165, 1.54) is 30.6 Å². The number of nitrogens with one attached hydrogen (secondary N) is 2. The van der Waals surface area contributed by atoms with Gasteiger partial charge in [-0.05, 0) is 18.2 Å². The van der Waals surface area contributed by atoms with Crippen LogP contribution in [-0.4, -0.2) is 27.8 Å². The van der Waals surface area contributed by atoms with Crippen molar-refractivity contribution in [3.8, 4) is 11.8 Å². The largest absolute Gasteiger partial charge is 0.395 e. The van der Waals surface area contributed by atoms with Crippen molar-refractivity contribution in [2.24, 2.45) is 0 Å². The molecule has 0 radical (unpaired) electrons. The van der Waals surface area contributed by atoms with Crippen molar-refractivity contribution in [1.82, 2.24) is 10.2 Å². The van der Waals surface area contributed by atoms with Gasteiger partial charge in [-0.1, -0.05) is 11.8 Å². The van der Waals surface area contributed by atoms with E-state index in [4.69, 9.17) is 5.11 Å². The standard InChI is InChI=1S/C14H12FN3O2/c15-13-5-4-10(3-1-2-6-19)7-12(13)14(20)18-11-8-16-17-9-11/h4-5,7-9,19H,2,6H2,(H,16,17)(H,18,20). The number of H-pyrrole nitrogens is 1. The van der Waals surface area contributed by atoms with Crippen LogP contribution in [0.5, 0.6) is 0 Å². The molecule has 102 valence electrons. The van der Waals surface area contributed by atoms with Crippen LogP contribution in [-0.2, 0) is 0 Å². The minimum absolute atomic E-state index is 0.0397. The third-order valence-corrected chi connectivity index (χ3v) is 2.44. The number of anilines is 1. The Labute approximate surface area is 114 Å². The molecule has 0 aliphatic rings. The van der Waals surface area contributed by atoms with Gasteiger partial charge >= 0.3 is 0 Å². The van der Waals surface area contributed by atoms with Crippen molar-refractivity contribution in [1.29, 1.82) is 0 Å². The Morgan fingerprint density at radius 2 is 2.35 bits per heavy atom. The number of carbonyl (C=O) groups excluding carboxylic acids is 1. The molecule has 0 spiro atoms. The second kappa shape index (κ2) is 6.50. The van der Waals surface area contributed by atoms with Crippen molar-refractivity contribution < 1.29 is 14.3 Å². The van der Waals surface area contributed by atoms with E-state index in [1.807, 2.05) is 0 Å². The van der Waals surface area contributed by atoms with Crippen LogP contribution in [0.1, 0.15) is 22.3 Å². The van der Waals surface area contributed by atoms with E-state index in [0.717, 1.165) is 0 Å². The fourth-order valence-corrected chi connectivity index (χ4v) is 1.52. The molecular formula is C14H12FN3O2. The highest BCUT2D eigenvalue weighted by Crippen LogP contribution is 2.13. The Balaban J connectivity index is 2.20.